The van der Waals surface area contributed by atoms with Gasteiger partial charge in [0.2, 0.25) is 11.8 Å². The number of hydrogen-bond acceptors (Lipinski definition) is 5. The molecule has 0 aliphatic heterocycles. The standard InChI is InChI=1S/C25H36N4O6/c1-15(2)12-19(22(32)26-11-10-21(30)31)28-23(33)20(29-24(34)35-25(3,4)5)13-16-14-27-18-9-7-6-8-17(16)18/h6-9,14-15,19-20,27H,10-13H2,1-5H3,(H,26,32)(H,28,33)(H,29,34)(H,30,31). The number of alkyl carbamates (subject to hydrolysis) is 1. The minimum Gasteiger partial charge on any atom is -0.481 e. The second kappa shape index (κ2) is 12.2. The Morgan fingerprint density at radius 2 is 1.71 bits per heavy atom. The summed E-state index contributed by atoms with van der Waals surface area (Å²) in [4.78, 5) is 52.4. The molecule has 1 aromatic heterocycles. The SMILES string of the molecule is CC(C)CC(NC(=O)C(Cc1c[nH]c2ccccc12)NC(=O)OC(C)(C)C)C(=O)NCCC(=O)O. The van der Waals surface area contributed by atoms with Gasteiger partial charge in [0.05, 0.1) is 6.42 Å². The van der Waals surface area contributed by atoms with Crippen LogP contribution in [0.3, 0.4) is 0 Å². The van der Waals surface area contributed by atoms with Crippen LogP contribution in [0.1, 0.15) is 53.0 Å². The summed E-state index contributed by atoms with van der Waals surface area (Å²) in [6.07, 6.45) is 1.33. The molecule has 0 bridgehead atoms. The summed E-state index contributed by atoms with van der Waals surface area (Å²) in [5.41, 5.74) is 0.966. The number of hydrogen-bond donors (Lipinski definition) is 5. The van der Waals surface area contributed by atoms with E-state index in [9.17, 15) is 19.2 Å². The molecule has 2 aromatic rings. The number of rotatable bonds is 11. The van der Waals surface area contributed by atoms with Crippen molar-refractivity contribution in [2.45, 2.75) is 71.6 Å². The van der Waals surface area contributed by atoms with Gasteiger partial charge in [0.25, 0.3) is 0 Å². The van der Waals surface area contributed by atoms with Gasteiger partial charge in [0.15, 0.2) is 0 Å². The molecular weight excluding hydrogens is 452 g/mol. The second-order valence-electron chi connectivity index (χ2n) is 9.89. The number of para-hydroxylation sites is 1. The number of carboxylic acids is 1. The van der Waals surface area contributed by atoms with E-state index in [1.165, 1.54) is 0 Å². The molecular formula is C25H36N4O6. The number of carbonyl (C=O) groups is 4. The topological polar surface area (TPSA) is 150 Å². The fourth-order valence-corrected chi connectivity index (χ4v) is 3.57. The van der Waals surface area contributed by atoms with Crippen LogP contribution in [0.15, 0.2) is 30.5 Å². The number of amides is 3. The molecule has 1 heterocycles. The quantitative estimate of drug-likeness (QED) is 0.328. The van der Waals surface area contributed by atoms with Gasteiger partial charge in [-0.15, -0.1) is 0 Å². The maximum Gasteiger partial charge on any atom is 0.408 e. The molecule has 0 saturated carbocycles. The lowest BCUT2D eigenvalue weighted by Crippen LogP contribution is -2.55. The number of aliphatic carboxylic acids is 1. The number of carbonyl (C=O) groups excluding carboxylic acids is 3. The summed E-state index contributed by atoms with van der Waals surface area (Å²) in [5.74, 6) is -1.97. The smallest absolute Gasteiger partial charge is 0.408 e. The van der Waals surface area contributed by atoms with E-state index in [0.29, 0.717) is 6.42 Å². The summed E-state index contributed by atoms with van der Waals surface area (Å²) < 4.78 is 5.34. The van der Waals surface area contributed by atoms with E-state index in [2.05, 4.69) is 20.9 Å². The van der Waals surface area contributed by atoms with Crippen molar-refractivity contribution in [3.8, 4) is 0 Å². The van der Waals surface area contributed by atoms with Crippen molar-refractivity contribution in [3.05, 3.63) is 36.0 Å². The first-order valence-electron chi connectivity index (χ1n) is 11.7. The minimum atomic E-state index is -1.03. The van der Waals surface area contributed by atoms with E-state index in [0.717, 1.165) is 16.5 Å². The average molecular weight is 489 g/mol. The molecule has 0 spiro atoms. The maximum atomic E-state index is 13.3. The first-order chi connectivity index (χ1) is 16.4. The van der Waals surface area contributed by atoms with Gasteiger partial charge in [0, 0.05) is 30.1 Å². The Balaban J connectivity index is 2.22. The Kier molecular flexibility index (Phi) is 9.68. The van der Waals surface area contributed by atoms with Crippen molar-refractivity contribution < 1.29 is 29.0 Å². The van der Waals surface area contributed by atoms with E-state index >= 15 is 0 Å². The normalized spacial score (nSPS) is 13.2. The molecule has 10 nitrogen and oxygen atoms in total. The summed E-state index contributed by atoms with van der Waals surface area (Å²) >= 11 is 0. The third-order valence-electron chi connectivity index (χ3n) is 5.08. The predicted octanol–water partition coefficient (Wildman–Crippen LogP) is 2.73. The van der Waals surface area contributed by atoms with Crippen LogP contribution in [-0.2, 0) is 25.5 Å². The summed E-state index contributed by atoms with van der Waals surface area (Å²) in [6, 6.07) is 5.71. The van der Waals surface area contributed by atoms with E-state index < -0.39 is 41.6 Å². The number of aromatic nitrogens is 1. The predicted molar refractivity (Wildman–Crippen MR) is 132 cm³/mol. The van der Waals surface area contributed by atoms with Gasteiger partial charge in [-0.05, 0) is 44.7 Å². The molecule has 0 saturated heterocycles. The fraction of sp³-hybridized carbons (Fsp3) is 0.520. The third kappa shape index (κ3) is 9.30. The van der Waals surface area contributed by atoms with Crippen molar-refractivity contribution >= 4 is 34.8 Å². The van der Waals surface area contributed by atoms with Crippen LogP contribution in [0.5, 0.6) is 0 Å². The molecule has 0 radical (unpaired) electrons. The van der Waals surface area contributed by atoms with Crippen LogP contribution in [0.2, 0.25) is 0 Å². The third-order valence-corrected chi connectivity index (χ3v) is 5.08. The van der Waals surface area contributed by atoms with Crippen molar-refractivity contribution in [1.82, 2.24) is 20.9 Å². The average Bonchev–Trinajstić information content (AvgIpc) is 3.13. The lowest BCUT2D eigenvalue weighted by atomic mass is 10.0. The Labute approximate surface area is 205 Å². The van der Waals surface area contributed by atoms with Gasteiger partial charge >= 0.3 is 12.1 Å². The Hall–Kier alpha value is -3.56. The molecule has 1 aromatic carbocycles. The number of H-pyrrole nitrogens is 1. The second-order valence-corrected chi connectivity index (χ2v) is 9.89. The lowest BCUT2D eigenvalue weighted by molar-refractivity contribution is -0.137. The summed E-state index contributed by atoms with van der Waals surface area (Å²) in [6.45, 7) is 8.94. The molecule has 2 atom stereocenters. The zero-order valence-electron chi connectivity index (χ0n) is 20.9. The highest BCUT2D eigenvalue weighted by Crippen LogP contribution is 2.20. The van der Waals surface area contributed by atoms with Crippen LogP contribution in [0.25, 0.3) is 10.9 Å². The number of aromatic amines is 1. The Morgan fingerprint density at radius 1 is 1.03 bits per heavy atom. The number of nitrogens with one attached hydrogen (secondary N) is 4. The van der Waals surface area contributed by atoms with Crippen molar-refractivity contribution in [2.24, 2.45) is 5.92 Å². The molecule has 0 aliphatic rings. The monoisotopic (exact) mass is 488 g/mol. The van der Waals surface area contributed by atoms with Gasteiger partial charge < -0.3 is 30.8 Å². The van der Waals surface area contributed by atoms with Crippen molar-refractivity contribution in [3.63, 3.8) is 0 Å². The van der Waals surface area contributed by atoms with E-state index in [-0.39, 0.29) is 25.3 Å². The van der Waals surface area contributed by atoms with Crippen LogP contribution >= 0.6 is 0 Å². The Bertz CT molecular complexity index is 1040. The van der Waals surface area contributed by atoms with Gasteiger partial charge in [-0.2, -0.15) is 0 Å². The number of benzene rings is 1. The molecule has 10 heteroatoms. The lowest BCUT2D eigenvalue weighted by Gasteiger charge is -2.26. The largest absolute Gasteiger partial charge is 0.481 e. The van der Waals surface area contributed by atoms with Gasteiger partial charge in [-0.25, -0.2) is 4.79 Å². The van der Waals surface area contributed by atoms with E-state index in [4.69, 9.17) is 9.84 Å². The molecule has 0 aliphatic carbocycles. The maximum absolute atomic E-state index is 13.3. The molecule has 0 fully saturated rings. The van der Waals surface area contributed by atoms with Crippen LogP contribution in [-0.4, -0.2) is 58.2 Å². The van der Waals surface area contributed by atoms with E-state index in [1.807, 2.05) is 38.1 Å². The van der Waals surface area contributed by atoms with Crippen LogP contribution in [0, 0.1) is 5.92 Å². The number of ether oxygens (including phenoxy) is 1. The van der Waals surface area contributed by atoms with Gasteiger partial charge in [0.1, 0.15) is 17.7 Å². The number of carboxylic acid groups (broad SMARTS) is 1. The van der Waals surface area contributed by atoms with Crippen molar-refractivity contribution in [1.29, 1.82) is 0 Å². The Morgan fingerprint density at radius 3 is 2.34 bits per heavy atom. The van der Waals surface area contributed by atoms with Crippen LogP contribution < -0.4 is 16.0 Å². The zero-order valence-corrected chi connectivity index (χ0v) is 20.9. The summed E-state index contributed by atoms with van der Waals surface area (Å²) in [5, 5.41) is 17.7. The highest BCUT2D eigenvalue weighted by Gasteiger charge is 2.29. The molecule has 5 N–H and O–H groups in total. The van der Waals surface area contributed by atoms with Crippen LogP contribution in [0.4, 0.5) is 4.79 Å². The first kappa shape index (κ1) is 27.7. The molecule has 35 heavy (non-hydrogen) atoms. The molecule has 2 rings (SSSR count). The molecule has 2 unspecified atom stereocenters. The highest BCUT2D eigenvalue weighted by molar-refractivity contribution is 5.92. The zero-order chi connectivity index (χ0) is 26.2. The van der Waals surface area contributed by atoms with Crippen molar-refractivity contribution in [2.75, 3.05) is 6.54 Å². The van der Waals surface area contributed by atoms with E-state index in [1.54, 1.807) is 27.0 Å². The number of fused-ring (bicyclic) bond motifs is 1. The summed E-state index contributed by atoms with van der Waals surface area (Å²) in [7, 11) is 0. The van der Waals surface area contributed by atoms with Gasteiger partial charge in [-0.1, -0.05) is 32.0 Å². The van der Waals surface area contributed by atoms with Gasteiger partial charge in [-0.3, -0.25) is 14.4 Å². The first-order valence-corrected chi connectivity index (χ1v) is 11.7. The highest BCUT2D eigenvalue weighted by atomic mass is 16.6. The fourth-order valence-electron chi connectivity index (χ4n) is 3.57. The molecule has 192 valence electrons. The molecule has 3 amide bonds. The minimum absolute atomic E-state index is 0.0481.